The van der Waals surface area contributed by atoms with Crippen LogP contribution in [-0.2, 0) is 29.1 Å². The summed E-state index contributed by atoms with van der Waals surface area (Å²) in [7, 11) is 2.15. The molecule has 1 aromatic heterocycles. The highest BCUT2D eigenvalue weighted by molar-refractivity contribution is 5.69. The smallest absolute Gasteiger partial charge is 0.410 e. The van der Waals surface area contributed by atoms with Gasteiger partial charge >= 0.3 is 12.2 Å². The second-order valence-electron chi connectivity index (χ2n) is 17.0. The summed E-state index contributed by atoms with van der Waals surface area (Å²) in [5.74, 6) is 2.26. The zero-order valence-corrected chi connectivity index (χ0v) is 34.3. The minimum absolute atomic E-state index is 0.163. The van der Waals surface area contributed by atoms with Crippen molar-refractivity contribution in [2.75, 3.05) is 61.8 Å². The fourth-order valence-corrected chi connectivity index (χ4v) is 6.88. The molecule has 0 radical (unpaired) electrons. The molecule has 12 heteroatoms. The molecular weight excluding hydrogens is 693 g/mol. The summed E-state index contributed by atoms with van der Waals surface area (Å²) in [6, 6.07) is 20.8. The van der Waals surface area contributed by atoms with E-state index in [1.807, 2.05) is 70.7 Å². The highest BCUT2D eigenvalue weighted by atomic mass is 16.6. The van der Waals surface area contributed by atoms with Crippen LogP contribution in [0.1, 0.15) is 96.8 Å². The van der Waals surface area contributed by atoms with Crippen molar-refractivity contribution >= 4 is 29.8 Å². The van der Waals surface area contributed by atoms with Gasteiger partial charge in [-0.25, -0.2) is 9.59 Å². The van der Waals surface area contributed by atoms with Crippen molar-refractivity contribution in [2.45, 2.75) is 117 Å². The van der Waals surface area contributed by atoms with E-state index in [1.165, 1.54) is 12.0 Å². The van der Waals surface area contributed by atoms with Crippen molar-refractivity contribution in [2.24, 2.45) is 0 Å². The predicted molar refractivity (Wildman–Crippen MR) is 220 cm³/mol. The van der Waals surface area contributed by atoms with Gasteiger partial charge in [0.25, 0.3) is 0 Å². The van der Waals surface area contributed by atoms with Crippen molar-refractivity contribution in [1.82, 2.24) is 24.7 Å². The van der Waals surface area contributed by atoms with Gasteiger partial charge in [0.1, 0.15) is 22.8 Å². The van der Waals surface area contributed by atoms with Gasteiger partial charge in [0.05, 0.1) is 0 Å². The van der Waals surface area contributed by atoms with Gasteiger partial charge < -0.3 is 39.7 Å². The molecule has 0 spiro atoms. The number of piperazine rings is 1. The molecule has 2 fully saturated rings. The number of carbonyl (C=O) groups is 2. The van der Waals surface area contributed by atoms with Crippen molar-refractivity contribution in [1.29, 1.82) is 0 Å². The van der Waals surface area contributed by atoms with Crippen molar-refractivity contribution in [3.63, 3.8) is 0 Å². The highest BCUT2D eigenvalue weighted by Crippen LogP contribution is 2.26. The zero-order valence-electron chi connectivity index (χ0n) is 34.3. The van der Waals surface area contributed by atoms with Crippen LogP contribution in [0, 0.1) is 0 Å². The molecule has 2 N–H and O–H groups in total. The van der Waals surface area contributed by atoms with E-state index >= 15 is 0 Å². The number of benzene rings is 2. The van der Waals surface area contributed by atoms with Crippen molar-refractivity contribution < 1.29 is 19.1 Å². The predicted octanol–water partition coefficient (Wildman–Crippen LogP) is 8.15. The summed E-state index contributed by atoms with van der Waals surface area (Å²) in [5.41, 5.74) is 2.05. The number of amides is 2. The topological polar surface area (TPSA) is 115 Å². The molecule has 0 unspecified atom stereocenters. The Kier molecular flexibility index (Phi) is 14.6. The second-order valence-corrected chi connectivity index (χ2v) is 17.0. The number of hydrogen-bond acceptors (Lipinski definition) is 10. The van der Waals surface area contributed by atoms with Gasteiger partial charge in [-0.05, 0) is 84.5 Å². The van der Waals surface area contributed by atoms with Gasteiger partial charge in [-0.2, -0.15) is 9.97 Å². The summed E-state index contributed by atoms with van der Waals surface area (Å²) in [6.45, 7) is 17.7. The zero-order chi connectivity index (χ0) is 39.4. The molecule has 0 atom stereocenters. The van der Waals surface area contributed by atoms with Gasteiger partial charge in [0.15, 0.2) is 0 Å². The van der Waals surface area contributed by atoms with E-state index in [1.54, 1.807) is 4.90 Å². The first-order valence-electron chi connectivity index (χ1n) is 20.1. The molecule has 0 bridgehead atoms. The quantitative estimate of drug-likeness (QED) is 0.167. The van der Waals surface area contributed by atoms with E-state index in [2.05, 4.69) is 63.9 Å². The van der Waals surface area contributed by atoms with Crippen LogP contribution in [0.25, 0.3) is 0 Å². The highest BCUT2D eigenvalue weighted by Gasteiger charge is 2.30. The molecule has 1 saturated carbocycles. The van der Waals surface area contributed by atoms with Gasteiger partial charge in [0, 0.05) is 71.0 Å². The first-order valence-corrected chi connectivity index (χ1v) is 20.1. The molecule has 55 heavy (non-hydrogen) atoms. The molecule has 12 nitrogen and oxygen atoms in total. The van der Waals surface area contributed by atoms with E-state index in [-0.39, 0.29) is 18.2 Å². The number of likely N-dealkylation sites (N-methyl/N-ethyl adjacent to an activating group) is 1. The van der Waals surface area contributed by atoms with Crippen LogP contribution in [0.3, 0.4) is 0 Å². The van der Waals surface area contributed by atoms with Crippen LogP contribution >= 0.6 is 0 Å². The Morgan fingerprint density at radius 2 is 1.35 bits per heavy atom. The molecule has 2 heterocycles. The standard InChI is InChI=1S/C43H64N8O4/c1-42(2,3)54-40(52)50(23-14-24-51(36-17-12-9-13-18-36)41(53)55-43(4,5)6)32-35-21-19-34(20-22-35)31-45-39-46-37(44-30-33-15-10-8-11-16-33)29-38(47-39)49-27-25-48(7)26-28-49/h8,10-11,15-16,19-22,29,36H,9,12-14,17-18,23-28,30-32H2,1-7H3,(H2,44,45,46,47). The largest absolute Gasteiger partial charge is 0.444 e. The van der Waals surface area contributed by atoms with Crippen LogP contribution in [0.2, 0.25) is 0 Å². The minimum Gasteiger partial charge on any atom is -0.444 e. The van der Waals surface area contributed by atoms with Gasteiger partial charge in [-0.3, -0.25) is 0 Å². The number of hydrogen-bond donors (Lipinski definition) is 2. The number of nitrogens with one attached hydrogen (secondary N) is 2. The third-order valence-corrected chi connectivity index (χ3v) is 9.83. The fraction of sp³-hybridized carbons (Fsp3) is 0.581. The first kappa shape index (κ1) is 41.6. The molecule has 1 aliphatic heterocycles. The lowest BCUT2D eigenvalue weighted by molar-refractivity contribution is 0.00970. The number of ether oxygens (including phenoxy) is 2. The lowest BCUT2D eigenvalue weighted by Crippen LogP contribution is -2.45. The van der Waals surface area contributed by atoms with Crippen molar-refractivity contribution in [3.8, 4) is 0 Å². The number of aromatic nitrogens is 2. The fourth-order valence-electron chi connectivity index (χ4n) is 6.88. The van der Waals surface area contributed by atoms with E-state index in [0.29, 0.717) is 45.1 Å². The first-order chi connectivity index (χ1) is 26.2. The molecule has 1 aliphatic carbocycles. The number of rotatable bonds is 14. The summed E-state index contributed by atoms with van der Waals surface area (Å²) >= 11 is 0. The Balaban J connectivity index is 1.23. The summed E-state index contributed by atoms with van der Waals surface area (Å²) in [5, 5.41) is 6.95. The van der Waals surface area contributed by atoms with Crippen LogP contribution in [0.4, 0.5) is 27.2 Å². The second kappa shape index (κ2) is 19.3. The van der Waals surface area contributed by atoms with Crippen molar-refractivity contribution in [3.05, 3.63) is 77.4 Å². The van der Waals surface area contributed by atoms with Gasteiger partial charge in [0.2, 0.25) is 5.95 Å². The lowest BCUT2D eigenvalue weighted by atomic mass is 9.94. The average molecular weight is 757 g/mol. The van der Waals surface area contributed by atoms with Gasteiger partial charge in [-0.1, -0.05) is 73.9 Å². The van der Waals surface area contributed by atoms with Crippen LogP contribution < -0.4 is 15.5 Å². The van der Waals surface area contributed by atoms with E-state index in [4.69, 9.17) is 19.4 Å². The van der Waals surface area contributed by atoms with Crippen LogP contribution in [-0.4, -0.2) is 100 Å². The molecule has 2 aromatic carbocycles. The normalized spacial score (nSPS) is 15.7. The van der Waals surface area contributed by atoms with Crippen LogP contribution in [0.5, 0.6) is 0 Å². The number of nitrogens with zero attached hydrogens (tertiary/aromatic N) is 6. The molecule has 5 rings (SSSR count). The minimum atomic E-state index is -0.629. The summed E-state index contributed by atoms with van der Waals surface area (Å²) in [6.07, 6.45) is 5.37. The number of anilines is 3. The third kappa shape index (κ3) is 13.9. The SMILES string of the molecule is CN1CCN(c2cc(NCc3ccccc3)nc(NCc3ccc(CN(CCCN(C(=O)OC(C)(C)C)C4CCCCC4)C(=O)OC(C)(C)C)cc3)n2)CC1. The van der Waals surface area contributed by atoms with E-state index in [0.717, 1.165) is 74.6 Å². The average Bonchev–Trinajstić information content (AvgIpc) is 3.14. The Labute approximate surface area is 329 Å². The Hall–Kier alpha value is -4.58. The maximum absolute atomic E-state index is 13.5. The number of carbonyl (C=O) groups excluding carboxylic acids is 2. The maximum atomic E-state index is 13.5. The van der Waals surface area contributed by atoms with E-state index < -0.39 is 11.2 Å². The van der Waals surface area contributed by atoms with Gasteiger partial charge in [-0.15, -0.1) is 0 Å². The van der Waals surface area contributed by atoms with E-state index in [9.17, 15) is 9.59 Å². The molecule has 2 amide bonds. The molecule has 300 valence electrons. The summed E-state index contributed by atoms with van der Waals surface area (Å²) in [4.78, 5) is 44.8. The summed E-state index contributed by atoms with van der Waals surface area (Å²) < 4.78 is 11.6. The van der Waals surface area contributed by atoms with Crippen LogP contribution in [0.15, 0.2) is 60.7 Å². The lowest BCUT2D eigenvalue weighted by Gasteiger charge is -2.36. The Morgan fingerprint density at radius 1 is 0.745 bits per heavy atom. The Morgan fingerprint density at radius 3 is 2.00 bits per heavy atom. The maximum Gasteiger partial charge on any atom is 0.410 e. The third-order valence-electron chi connectivity index (χ3n) is 9.83. The Bertz CT molecular complexity index is 1640. The molecule has 2 aliphatic rings. The monoisotopic (exact) mass is 757 g/mol. The molecule has 3 aromatic rings. The molecular formula is C43H64N8O4. The molecule has 1 saturated heterocycles.